The van der Waals surface area contributed by atoms with Crippen LogP contribution in [0.1, 0.15) is 11.5 Å². The summed E-state index contributed by atoms with van der Waals surface area (Å²) < 4.78 is 1.08. The molecule has 0 aliphatic heterocycles. The van der Waals surface area contributed by atoms with Crippen molar-refractivity contribution in [2.75, 3.05) is 0 Å². The molecule has 5 heteroatoms. The number of aromatic amines is 1. The molecule has 0 unspecified atom stereocenters. The molecule has 0 spiro atoms. The summed E-state index contributed by atoms with van der Waals surface area (Å²) in [6.07, 6.45) is 1.66. The van der Waals surface area contributed by atoms with Gasteiger partial charge in [0, 0.05) is 9.37 Å². The number of hydrogen-bond acceptors (Lipinski definition) is 3. The second-order valence-corrected chi connectivity index (χ2v) is 5.22. The van der Waals surface area contributed by atoms with Crippen LogP contribution in [0.5, 0.6) is 0 Å². The second-order valence-electron chi connectivity index (χ2n) is 3.26. The van der Waals surface area contributed by atoms with Crippen molar-refractivity contribution in [3.05, 3.63) is 46.5 Å². The van der Waals surface area contributed by atoms with Crippen LogP contribution in [0.15, 0.2) is 39.8 Å². The number of rotatable bonds is 4. The lowest BCUT2D eigenvalue weighted by molar-refractivity contribution is 0.277. The molecular formula is C11H11BrN2OS. The second kappa shape index (κ2) is 5.52. The molecule has 1 heterocycles. The molecule has 0 saturated carbocycles. The van der Waals surface area contributed by atoms with Crippen molar-refractivity contribution in [1.29, 1.82) is 0 Å². The fraction of sp³-hybridized carbons (Fsp3) is 0.182. The molecule has 2 N–H and O–H groups in total. The molecule has 16 heavy (non-hydrogen) atoms. The highest BCUT2D eigenvalue weighted by Crippen LogP contribution is 2.24. The van der Waals surface area contributed by atoms with Gasteiger partial charge in [0.1, 0.15) is 5.82 Å². The molecule has 0 saturated heterocycles. The number of aliphatic hydroxyl groups excluding tert-OH is 1. The molecule has 0 radical (unpaired) electrons. The predicted octanol–water partition coefficient (Wildman–Crippen LogP) is 2.96. The lowest BCUT2D eigenvalue weighted by Crippen LogP contribution is -1.86. The number of aromatic nitrogens is 2. The minimum Gasteiger partial charge on any atom is -0.390 e. The van der Waals surface area contributed by atoms with E-state index in [0.29, 0.717) is 0 Å². The highest BCUT2D eigenvalue weighted by Gasteiger charge is 2.01. The third-order valence-corrected chi connectivity index (χ3v) is 3.52. The van der Waals surface area contributed by atoms with Crippen LogP contribution in [-0.2, 0) is 12.4 Å². The molecule has 0 aliphatic rings. The quantitative estimate of drug-likeness (QED) is 0.853. The molecule has 1 aromatic heterocycles. The molecule has 0 fully saturated rings. The van der Waals surface area contributed by atoms with Crippen molar-refractivity contribution >= 4 is 27.7 Å². The maximum absolute atomic E-state index is 8.89. The van der Waals surface area contributed by atoms with E-state index in [9.17, 15) is 0 Å². The van der Waals surface area contributed by atoms with Gasteiger partial charge in [-0.1, -0.05) is 22.0 Å². The average Bonchev–Trinajstić information content (AvgIpc) is 2.74. The Morgan fingerprint density at radius 2 is 2.31 bits per heavy atom. The Kier molecular flexibility index (Phi) is 4.04. The van der Waals surface area contributed by atoms with Crippen molar-refractivity contribution in [2.24, 2.45) is 0 Å². The van der Waals surface area contributed by atoms with E-state index in [0.717, 1.165) is 21.7 Å². The SMILES string of the molecule is OCc1cnc(CSc2cccc(Br)c2)[nH]1. The van der Waals surface area contributed by atoms with Gasteiger partial charge in [0.25, 0.3) is 0 Å². The van der Waals surface area contributed by atoms with E-state index in [4.69, 9.17) is 5.11 Å². The minimum absolute atomic E-state index is 0.00848. The maximum atomic E-state index is 8.89. The largest absolute Gasteiger partial charge is 0.390 e. The minimum atomic E-state index is 0.00848. The summed E-state index contributed by atoms with van der Waals surface area (Å²) in [5, 5.41) is 8.89. The Morgan fingerprint density at radius 3 is 3.00 bits per heavy atom. The van der Waals surface area contributed by atoms with Crippen molar-refractivity contribution in [2.45, 2.75) is 17.3 Å². The van der Waals surface area contributed by atoms with Crippen LogP contribution in [0.2, 0.25) is 0 Å². The lowest BCUT2D eigenvalue weighted by Gasteiger charge is -1.99. The standard InChI is InChI=1S/C11H11BrN2OS/c12-8-2-1-3-10(4-8)16-7-11-13-5-9(6-15)14-11/h1-5,15H,6-7H2,(H,13,14). The lowest BCUT2D eigenvalue weighted by atomic mass is 10.4. The van der Waals surface area contributed by atoms with Gasteiger partial charge in [0.05, 0.1) is 24.3 Å². The number of H-pyrrole nitrogens is 1. The normalized spacial score (nSPS) is 10.6. The first-order valence-corrected chi connectivity index (χ1v) is 6.58. The number of imidazole rings is 1. The monoisotopic (exact) mass is 298 g/mol. The highest BCUT2D eigenvalue weighted by atomic mass is 79.9. The van der Waals surface area contributed by atoms with Gasteiger partial charge in [-0.25, -0.2) is 4.98 Å². The molecule has 2 aromatic rings. The molecule has 3 nitrogen and oxygen atoms in total. The summed E-state index contributed by atoms with van der Waals surface area (Å²) in [6.45, 7) is 0.00848. The maximum Gasteiger partial charge on any atom is 0.116 e. The molecule has 0 bridgehead atoms. The Hall–Kier alpha value is -0.780. The smallest absolute Gasteiger partial charge is 0.116 e. The third-order valence-electron chi connectivity index (χ3n) is 2.02. The summed E-state index contributed by atoms with van der Waals surface area (Å²) in [6, 6.07) is 8.14. The van der Waals surface area contributed by atoms with Gasteiger partial charge in [-0.15, -0.1) is 11.8 Å². The van der Waals surface area contributed by atoms with E-state index in [-0.39, 0.29) is 6.61 Å². The van der Waals surface area contributed by atoms with Gasteiger partial charge < -0.3 is 10.1 Å². The van der Waals surface area contributed by atoms with E-state index in [1.54, 1.807) is 18.0 Å². The number of hydrogen-bond donors (Lipinski definition) is 2. The van der Waals surface area contributed by atoms with Crippen LogP contribution >= 0.6 is 27.7 Å². The number of nitrogens with one attached hydrogen (secondary N) is 1. The van der Waals surface area contributed by atoms with E-state index >= 15 is 0 Å². The van der Waals surface area contributed by atoms with Crippen LogP contribution in [0.4, 0.5) is 0 Å². The van der Waals surface area contributed by atoms with Crippen molar-refractivity contribution in [3.63, 3.8) is 0 Å². The van der Waals surface area contributed by atoms with Crippen molar-refractivity contribution < 1.29 is 5.11 Å². The number of nitrogens with zero attached hydrogens (tertiary/aromatic N) is 1. The molecular weight excluding hydrogens is 288 g/mol. The molecule has 0 amide bonds. The predicted molar refractivity (Wildman–Crippen MR) is 68.2 cm³/mol. The van der Waals surface area contributed by atoms with E-state index < -0.39 is 0 Å². The zero-order chi connectivity index (χ0) is 11.4. The molecule has 2 rings (SSSR count). The van der Waals surface area contributed by atoms with Crippen molar-refractivity contribution in [1.82, 2.24) is 9.97 Å². The Morgan fingerprint density at radius 1 is 1.44 bits per heavy atom. The fourth-order valence-corrected chi connectivity index (χ4v) is 2.65. The third kappa shape index (κ3) is 3.10. The first-order valence-electron chi connectivity index (χ1n) is 4.80. The number of aliphatic hydroxyl groups is 1. The topological polar surface area (TPSA) is 48.9 Å². The number of benzene rings is 1. The average molecular weight is 299 g/mol. The van der Waals surface area contributed by atoms with E-state index in [1.807, 2.05) is 12.1 Å². The van der Waals surface area contributed by atoms with Crippen LogP contribution in [0.3, 0.4) is 0 Å². The fourth-order valence-electron chi connectivity index (χ4n) is 1.27. The first-order chi connectivity index (χ1) is 7.78. The van der Waals surface area contributed by atoms with Crippen LogP contribution in [0.25, 0.3) is 0 Å². The molecule has 1 aromatic carbocycles. The van der Waals surface area contributed by atoms with Gasteiger partial charge in [0.2, 0.25) is 0 Å². The Labute approximate surface area is 106 Å². The van der Waals surface area contributed by atoms with Crippen LogP contribution < -0.4 is 0 Å². The van der Waals surface area contributed by atoms with Gasteiger partial charge >= 0.3 is 0 Å². The molecule has 0 atom stereocenters. The Balaban J connectivity index is 1.96. The zero-order valence-corrected chi connectivity index (χ0v) is 10.9. The van der Waals surface area contributed by atoms with Crippen LogP contribution in [0, 0.1) is 0 Å². The van der Waals surface area contributed by atoms with Crippen molar-refractivity contribution in [3.8, 4) is 0 Å². The van der Waals surface area contributed by atoms with Gasteiger partial charge in [-0.2, -0.15) is 0 Å². The van der Waals surface area contributed by atoms with Crippen LogP contribution in [-0.4, -0.2) is 15.1 Å². The summed E-state index contributed by atoms with van der Waals surface area (Å²) in [4.78, 5) is 8.42. The Bertz CT molecular complexity index is 473. The highest BCUT2D eigenvalue weighted by molar-refractivity contribution is 9.10. The molecule has 84 valence electrons. The summed E-state index contributed by atoms with van der Waals surface area (Å²) in [5.41, 5.74) is 0.754. The molecule has 0 aliphatic carbocycles. The van der Waals surface area contributed by atoms with E-state index in [2.05, 4.69) is 38.0 Å². The zero-order valence-electron chi connectivity index (χ0n) is 8.48. The van der Waals surface area contributed by atoms with E-state index in [1.165, 1.54) is 4.90 Å². The van der Waals surface area contributed by atoms with Gasteiger partial charge in [0.15, 0.2) is 0 Å². The van der Waals surface area contributed by atoms with Gasteiger partial charge in [-0.3, -0.25) is 0 Å². The first kappa shape index (κ1) is 11.7. The number of thioether (sulfide) groups is 1. The van der Waals surface area contributed by atoms with Gasteiger partial charge in [-0.05, 0) is 18.2 Å². The summed E-state index contributed by atoms with van der Waals surface area (Å²) in [7, 11) is 0. The summed E-state index contributed by atoms with van der Waals surface area (Å²) >= 11 is 5.14. The number of halogens is 1. The summed E-state index contributed by atoms with van der Waals surface area (Å²) in [5.74, 6) is 1.66.